The van der Waals surface area contributed by atoms with Gasteiger partial charge in [0.25, 0.3) is 0 Å². The molecular formula is C22H21N3S. The number of aliphatic imine (C=N–C) groups is 1. The lowest BCUT2D eigenvalue weighted by Gasteiger charge is -2.09. The first-order valence-electron chi connectivity index (χ1n) is 8.46. The molecule has 26 heavy (non-hydrogen) atoms. The maximum Gasteiger partial charge on any atom is 0.0992 e. The molecule has 0 unspecified atom stereocenters. The zero-order valence-corrected chi connectivity index (χ0v) is 16.2. The van der Waals surface area contributed by atoms with E-state index in [0.717, 1.165) is 22.6 Å². The van der Waals surface area contributed by atoms with Crippen LogP contribution >= 0.6 is 11.3 Å². The Morgan fingerprint density at radius 1 is 1.15 bits per heavy atom. The minimum absolute atomic E-state index is 0.647. The molecule has 1 N–H and O–H groups in total. The summed E-state index contributed by atoms with van der Waals surface area (Å²) in [5.41, 5.74) is 5.94. The number of hydrogen-bond donors (Lipinski definition) is 1. The van der Waals surface area contributed by atoms with Crippen LogP contribution in [-0.2, 0) is 0 Å². The van der Waals surface area contributed by atoms with Crippen LogP contribution in [0.5, 0.6) is 0 Å². The van der Waals surface area contributed by atoms with Crippen molar-refractivity contribution >= 4 is 39.0 Å². The fraction of sp³-hybridized carbons (Fsp3) is 0.182. The van der Waals surface area contributed by atoms with Crippen LogP contribution in [0.15, 0.2) is 53.2 Å². The molecule has 2 aromatic carbocycles. The highest BCUT2D eigenvalue weighted by Gasteiger charge is 2.05. The number of benzene rings is 2. The van der Waals surface area contributed by atoms with Gasteiger partial charge in [0.05, 0.1) is 17.3 Å². The van der Waals surface area contributed by atoms with E-state index in [1.54, 1.807) is 0 Å². The third-order valence-corrected chi connectivity index (χ3v) is 5.59. The number of nitrogens with one attached hydrogen (secondary N) is 1. The lowest BCUT2D eigenvalue weighted by molar-refractivity contribution is 1.33. The Kier molecular flexibility index (Phi) is 5.20. The average Bonchev–Trinajstić information content (AvgIpc) is 2.91. The minimum atomic E-state index is 0.647. The first-order valence-corrected chi connectivity index (χ1v) is 9.28. The summed E-state index contributed by atoms with van der Waals surface area (Å²) in [5.74, 6) is 0. The fourth-order valence-corrected chi connectivity index (χ4v) is 3.78. The van der Waals surface area contributed by atoms with E-state index in [1.807, 2.05) is 61.7 Å². The Hall–Kier alpha value is -2.90. The van der Waals surface area contributed by atoms with Crippen LogP contribution in [0.25, 0.3) is 10.1 Å². The van der Waals surface area contributed by atoms with Gasteiger partial charge in [-0.2, -0.15) is 5.26 Å². The zero-order valence-electron chi connectivity index (χ0n) is 15.4. The lowest BCUT2D eigenvalue weighted by atomic mass is 10.1. The second kappa shape index (κ2) is 7.55. The topological polar surface area (TPSA) is 48.2 Å². The van der Waals surface area contributed by atoms with Crippen molar-refractivity contribution < 1.29 is 0 Å². The molecule has 0 atom stereocenters. The van der Waals surface area contributed by atoms with E-state index in [0.29, 0.717) is 5.56 Å². The van der Waals surface area contributed by atoms with Gasteiger partial charge < -0.3 is 5.32 Å². The number of hydrogen-bond acceptors (Lipinski definition) is 4. The van der Waals surface area contributed by atoms with Gasteiger partial charge in [0.15, 0.2) is 0 Å². The molecule has 0 aliphatic carbocycles. The largest absolute Gasteiger partial charge is 0.359 e. The summed E-state index contributed by atoms with van der Waals surface area (Å²) in [6, 6.07) is 14.1. The molecule has 0 bridgehead atoms. The molecular weight excluding hydrogens is 338 g/mol. The summed E-state index contributed by atoms with van der Waals surface area (Å²) in [6.45, 7) is 8.32. The molecule has 0 saturated carbocycles. The number of aryl methyl sites for hydroxylation is 3. The second-order valence-electron chi connectivity index (χ2n) is 6.36. The van der Waals surface area contributed by atoms with Gasteiger partial charge in [-0.3, -0.25) is 4.99 Å². The predicted octanol–water partition coefficient (Wildman–Crippen LogP) is 6.42. The van der Waals surface area contributed by atoms with Crippen molar-refractivity contribution in [1.29, 1.82) is 5.26 Å². The highest BCUT2D eigenvalue weighted by Crippen LogP contribution is 2.32. The van der Waals surface area contributed by atoms with Crippen LogP contribution in [0, 0.1) is 32.1 Å². The van der Waals surface area contributed by atoms with Crippen molar-refractivity contribution in [3.8, 4) is 6.07 Å². The highest BCUT2D eigenvalue weighted by atomic mass is 32.1. The monoisotopic (exact) mass is 359 g/mol. The first kappa shape index (κ1) is 17.9. The molecule has 0 saturated heterocycles. The summed E-state index contributed by atoms with van der Waals surface area (Å²) in [5, 5.41) is 13.7. The second-order valence-corrected chi connectivity index (χ2v) is 7.61. The van der Waals surface area contributed by atoms with E-state index in [2.05, 4.69) is 42.4 Å². The molecule has 0 amide bonds. The molecule has 0 fully saturated rings. The summed E-state index contributed by atoms with van der Waals surface area (Å²) in [6.07, 6.45) is 3.75. The Bertz CT molecular complexity index is 1060. The quantitative estimate of drug-likeness (QED) is 0.547. The van der Waals surface area contributed by atoms with Gasteiger partial charge in [0.1, 0.15) is 0 Å². The highest BCUT2D eigenvalue weighted by molar-refractivity contribution is 7.19. The van der Waals surface area contributed by atoms with Crippen LogP contribution in [0.2, 0.25) is 0 Å². The van der Waals surface area contributed by atoms with Crippen LogP contribution in [0.3, 0.4) is 0 Å². The third-order valence-electron chi connectivity index (χ3n) is 4.40. The normalized spacial score (nSPS) is 11.9. The van der Waals surface area contributed by atoms with E-state index >= 15 is 0 Å². The number of allylic oxidation sites excluding steroid dienone is 2. The van der Waals surface area contributed by atoms with E-state index < -0.39 is 0 Å². The maximum atomic E-state index is 9.04. The van der Waals surface area contributed by atoms with Crippen molar-refractivity contribution in [2.75, 3.05) is 5.32 Å². The zero-order chi connectivity index (χ0) is 18.7. The Morgan fingerprint density at radius 2 is 1.96 bits per heavy atom. The molecule has 3 rings (SSSR count). The summed E-state index contributed by atoms with van der Waals surface area (Å²) < 4.78 is 1.31. The van der Waals surface area contributed by atoms with Gasteiger partial charge in [0, 0.05) is 27.2 Å². The minimum Gasteiger partial charge on any atom is -0.359 e. The standard InChI is InChI=1S/C22H21N3S/c1-14-5-6-18(13-23)11-21(14)25-15(2)9-10-24-19-7-8-22-20(12-19)16(3)17(4)26-22/h5-12,25H,1-4H3/b15-9+,24-10?. The molecule has 0 spiro atoms. The molecule has 3 aromatic rings. The number of fused-ring (bicyclic) bond motifs is 1. The maximum absolute atomic E-state index is 9.04. The van der Waals surface area contributed by atoms with Gasteiger partial charge in [-0.25, -0.2) is 0 Å². The van der Waals surface area contributed by atoms with Crippen molar-refractivity contribution in [2.24, 2.45) is 4.99 Å². The molecule has 130 valence electrons. The summed E-state index contributed by atoms with van der Waals surface area (Å²) in [4.78, 5) is 5.91. The molecule has 0 aliphatic rings. The van der Waals surface area contributed by atoms with E-state index in [9.17, 15) is 0 Å². The van der Waals surface area contributed by atoms with Crippen molar-refractivity contribution in [1.82, 2.24) is 0 Å². The third kappa shape index (κ3) is 3.84. The first-order chi connectivity index (χ1) is 12.5. The SMILES string of the molecule is C/C(=C\C=Nc1ccc2sc(C)c(C)c2c1)Nc1cc(C#N)ccc1C. The number of thiophene rings is 1. The number of nitriles is 1. The average molecular weight is 359 g/mol. The number of rotatable bonds is 4. The smallest absolute Gasteiger partial charge is 0.0992 e. The van der Waals surface area contributed by atoms with Gasteiger partial charge in [0.2, 0.25) is 0 Å². The fourth-order valence-electron chi connectivity index (χ4n) is 2.73. The van der Waals surface area contributed by atoms with E-state index in [-0.39, 0.29) is 0 Å². The van der Waals surface area contributed by atoms with Crippen molar-refractivity contribution in [3.63, 3.8) is 0 Å². The van der Waals surface area contributed by atoms with Crippen LogP contribution < -0.4 is 5.32 Å². The Balaban J connectivity index is 1.76. The van der Waals surface area contributed by atoms with Crippen LogP contribution in [0.4, 0.5) is 11.4 Å². The van der Waals surface area contributed by atoms with Crippen LogP contribution in [0.1, 0.15) is 28.5 Å². The van der Waals surface area contributed by atoms with E-state index in [1.165, 1.54) is 20.5 Å². The van der Waals surface area contributed by atoms with E-state index in [4.69, 9.17) is 5.26 Å². The molecule has 0 aliphatic heterocycles. The molecule has 4 heteroatoms. The van der Waals surface area contributed by atoms with Crippen LogP contribution in [-0.4, -0.2) is 6.21 Å². The van der Waals surface area contributed by atoms with Crippen molar-refractivity contribution in [3.05, 3.63) is 69.7 Å². The van der Waals surface area contributed by atoms with Gasteiger partial charge in [-0.1, -0.05) is 6.07 Å². The summed E-state index contributed by atoms with van der Waals surface area (Å²) in [7, 11) is 0. The summed E-state index contributed by atoms with van der Waals surface area (Å²) >= 11 is 1.83. The molecule has 0 radical (unpaired) electrons. The van der Waals surface area contributed by atoms with Gasteiger partial charge in [-0.05, 0) is 80.6 Å². The van der Waals surface area contributed by atoms with Gasteiger partial charge >= 0.3 is 0 Å². The molecule has 1 heterocycles. The Labute approximate surface area is 158 Å². The Morgan fingerprint density at radius 3 is 2.73 bits per heavy atom. The number of anilines is 1. The molecule has 3 nitrogen and oxygen atoms in total. The number of nitrogens with zero attached hydrogens (tertiary/aromatic N) is 2. The van der Waals surface area contributed by atoms with Crippen molar-refractivity contribution in [2.45, 2.75) is 27.7 Å². The van der Waals surface area contributed by atoms with Gasteiger partial charge in [-0.15, -0.1) is 11.3 Å². The predicted molar refractivity (Wildman–Crippen MR) is 113 cm³/mol. The lowest BCUT2D eigenvalue weighted by Crippen LogP contribution is -1.98. The molecule has 1 aromatic heterocycles.